The van der Waals surface area contributed by atoms with Crippen molar-refractivity contribution in [2.24, 2.45) is 0 Å². The molecule has 0 fully saturated rings. The van der Waals surface area contributed by atoms with Crippen LogP contribution in [0.2, 0.25) is 0 Å². The third kappa shape index (κ3) is 5.31. The first-order valence-electron chi connectivity index (χ1n) is 8.61. The molecule has 1 aromatic carbocycles. The standard InChI is InChI=1S/C20H19FN4O2/c21-17-5-3-16(4-6-17)18-7-8-20(27)25(24-18)13-1-2-19(26)23-14-15-9-11-22-12-10-15/h3-12H,1-2,13-14H2,(H,23,26). The topological polar surface area (TPSA) is 76.9 Å². The lowest BCUT2D eigenvalue weighted by molar-refractivity contribution is -0.121. The van der Waals surface area contributed by atoms with Crippen LogP contribution < -0.4 is 10.9 Å². The maximum atomic E-state index is 13.0. The van der Waals surface area contributed by atoms with Crippen LogP contribution in [0.1, 0.15) is 18.4 Å². The summed E-state index contributed by atoms with van der Waals surface area (Å²) in [5.41, 5.74) is 2.04. The average molecular weight is 366 g/mol. The molecule has 1 N–H and O–H groups in total. The van der Waals surface area contributed by atoms with Crippen molar-refractivity contribution in [1.29, 1.82) is 0 Å². The van der Waals surface area contributed by atoms with E-state index in [1.807, 2.05) is 12.1 Å². The maximum Gasteiger partial charge on any atom is 0.266 e. The van der Waals surface area contributed by atoms with Gasteiger partial charge >= 0.3 is 0 Å². The van der Waals surface area contributed by atoms with Crippen molar-refractivity contribution in [3.05, 3.63) is 82.7 Å². The molecule has 0 saturated heterocycles. The average Bonchev–Trinajstić information content (AvgIpc) is 2.69. The van der Waals surface area contributed by atoms with Crippen LogP contribution in [0.4, 0.5) is 4.39 Å². The highest BCUT2D eigenvalue weighted by atomic mass is 19.1. The third-order valence-electron chi connectivity index (χ3n) is 4.02. The predicted octanol–water partition coefficient (Wildman–Crippen LogP) is 2.54. The lowest BCUT2D eigenvalue weighted by Crippen LogP contribution is -2.25. The summed E-state index contributed by atoms with van der Waals surface area (Å²) < 4.78 is 14.4. The molecule has 0 aliphatic rings. The molecule has 0 radical (unpaired) electrons. The Morgan fingerprint density at radius 2 is 1.78 bits per heavy atom. The zero-order chi connectivity index (χ0) is 19.1. The van der Waals surface area contributed by atoms with Crippen molar-refractivity contribution >= 4 is 5.91 Å². The second-order valence-electron chi connectivity index (χ2n) is 6.02. The molecule has 0 unspecified atom stereocenters. The first-order valence-corrected chi connectivity index (χ1v) is 8.61. The predicted molar refractivity (Wildman–Crippen MR) is 99.2 cm³/mol. The van der Waals surface area contributed by atoms with E-state index in [9.17, 15) is 14.0 Å². The summed E-state index contributed by atoms with van der Waals surface area (Å²) >= 11 is 0. The van der Waals surface area contributed by atoms with E-state index in [0.717, 1.165) is 11.1 Å². The number of pyridine rings is 1. The molecule has 27 heavy (non-hydrogen) atoms. The second-order valence-corrected chi connectivity index (χ2v) is 6.02. The maximum absolute atomic E-state index is 13.0. The van der Waals surface area contributed by atoms with Crippen molar-refractivity contribution in [3.8, 4) is 11.3 Å². The van der Waals surface area contributed by atoms with Crippen LogP contribution in [0, 0.1) is 5.82 Å². The molecule has 0 atom stereocenters. The number of aromatic nitrogens is 3. The Morgan fingerprint density at radius 3 is 2.52 bits per heavy atom. The van der Waals surface area contributed by atoms with Crippen molar-refractivity contribution in [2.45, 2.75) is 25.9 Å². The number of hydrogen-bond acceptors (Lipinski definition) is 4. The molecule has 138 valence electrons. The molecule has 2 heterocycles. The fraction of sp³-hybridized carbons (Fsp3) is 0.200. The van der Waals surface area contributed by atoms with E-state index in [4.69, 9.17) is 0 Å². The minimum Gasteiger partial charge on any atom is -0.352 e. The summed E-state index contributed by atoms with van der Waals surface area (Å²) in [6.45, 7) is 0.774. The number of nitrogens with one attached hydrogen (secondary N) is 1. The van der Waals surface area contributed by atoms with Gasteiger partial charge in [-0.25, -0.2) is 9.07 Å². The van der Waals surface area contributed by atoms with E-state index in [1.165, 1.54) is 22.9 Å². The van der Waals surface area contributed by atoms with Gasteiger partial charge in [-0.1, -0.05) is 0 Å². The zero-order valence-corrected chi connectivity index (χ0v) is 14.6. The zero-order valence-electron chi connectivity index (χ0n) is 14.6. The number of amides is 1. The number of rotatable bonds is 7. The number of halogens is 1. The minimum atomic E-state index is -0.329. The Balaban J connectivity index is 1.54. The van der Waals surface area contributed by atoms with E-state index >= 15 is 0 Å². The largest absolute Gasteiger partial charge is 0.352 e. The Kier molecular flexibility index (Phi) is 6.04. The Hall–Kier alpha value is -3.35. The van der Waals surface area contributed by atoms with Gasteiger partial charge in [0.15, 0.2) is 0 Å². The summed E-state index contributed by atoms with van der Waals surface area (Å²) in [4.78, 5) is 27.8. The van der Waals surface area contributed by atoms with Gasteiger partial charge in [0.25, 0.3) is 5.56 Å². The first kappa shape index (κ1) is 18.4. The molecule has 0 aliphatic carbocycles. The highest BCUT2D eigenvalue weighted by molar-refractivity contribution is 5.75. The van der Waals surface area contributed by atoms with E-state index in [2.05, 4.69) is 15.4 Å². The Bertz CT molecular complexity index is 956. The SMILES string of the molecule is O=C(CCCn1nc(-c2ccc(F)cc2)ccc1=O)NCc1ccncc1. The second kappa shape index (κ2) is 8.84. The molecule has 1 amide bonds. The molecule has 7 heteroatoms. The van der Waals surface area contributed by atoms with E-state index < -0.39 is 0 Å². The van der Waals surface area contributed by atoms with Crippen molar-refractivity contribution in [3.63, 3.8) is 0 Å². The van der Waals surface area contributed by atoms with Gasteiger partial charge in [-0.15, -0.1) is 0 Å². The number of carbonyl (C=O) groups excluding carboxylic acids is 1. The monoisotopic (exact) mass is 366 g/mol. The van der Waals surface area contributed by atoms with Gasteiger partial charge in [0.2, 0.25) is 5.91 Å². The highest BCUT2D eigenvalue weighted by Gasteiger charge is 2.06. The summed E-state index contributed by atoms with van der Waals surface area (Å²) in [5.74, 6) is -0.417. The van der Waals surface area contributed by atoms with Crippen LogP contribution in [-0.2, 0) is 17.9 Å². The molecule has 2 aromatic heterocycles. The minimum absolute atomic E-state index is 0.0884. The van der Waals surface area contributed by atoms with E-state index in [-0.39, 0.29) is 17.3 Å². The summed E-state index contributed by atoms with van der Waals surface area (Å²) in [7, 11) is 0. The molecule has 0 bridgehead atoms. The number of nitrogens with zero attached hydrogens (tertiary/aromatic N) is 3. The first-order chi connectivity index (χ1) is 13.1. The van der Waals surface area contributed by atoms with Gasteiger partial charge in [-0.05, 0) is 54.4 Å². The number of benzene rings is 1. The van der Waals surface area contributed by atoms with Gasteiger partial charge in [0, 0.05) is 43.5 Å². The Labute approximate surface area is 155 Å². The van der Waals surface area contributed by atoms with Crippen LogP contribution in [0.5, 0.6) is 0 Å². The quantitative estimate of drug-likeness (QED) is 0.697. The molecule has 6 nitrogen and oxygen atoms in total. The van der Waals surface area contributed by atoms with Crippen LogP contribution in [0.15, 0.2) is 65.7 Å². The highest BCUT2D eigenvalue weighted by Crippen LogP contribution is 2.15. The van der Waals surface area contributed by atoms with Crippen LogP contribution in [-0.4, -0.2) is 20.7 Å². The smallest absolute Gasteiger partial charge is 0.266 e. The van der Waals surface area contributed by atoms with Gasteiger partial charge in [0.1, 0.15) is 5.82 Å². The summed E-state index contributed by atoms with van der Waals surface area (Å²) in [6.07, 6.45) is 4.13. The molecule has 3 rings (SSSR count). The third-order valence-corrected chi connectivity index (χ3v) is 4.02. The van der Waals surface area contributed by atoms with Crippen LogP contribution in [0.25, 0.3) is 11.3 Å². The van der Waals surface area contributed by atoms with Gasteiger partial charge in [-0.2, -0.15) is 5.10 Å². The summed E-state index contributed by atoms with van der Waals surface area (Å²) in [5, 5.41) is 7.14. The van der Waals surface area contributed by atoms with Crippen molar-refractivity contribution in [1.82, 2.24) is 20.1 Å². The van der Waals surface area contributed by atoms with E-state index in [0.29, 0.717) is 31.6 Å². The van der Waals surface area contributed by atoms with Crippen molar-refractivity contribution < 1.29 is 9.18 Å². The van der Waals surface area contributed by atoms with Gasteiger partial charge in [-0.3, -0.25) is 14.6 Å². The fourth-order valence-corrected chi connectivity index (χ4v) is 2.56. The van der Waals surface area contributed by atoms with Crippen molar-refractivity contribution in [2.75, 3.05) is 0 Å². The van der Waals surface area contributed by atoms with Gasteiger partial charge < -0.3 is 5.32 Å². The normalized spacial score (nSPS) is 10.6. The lowest BCUT2D eigenvalue weighted by atomic mass is 10.1. The molecule has 0 saturated carbocycles. The molecular formula is C20H19FN4O2. The van der Waals surface area contributed by atoms with Gasteiger partial charge in [0.05, 0.1) is 5.69 Å². The number of hydrogen-bond donors (Lipinski definition) is 1. The fourth-order valence-electron chi connectivity index (χ4n) is 2.56. The number of aryl methyl sites for hydroxylation is 1. The summed E-state index contributed by atoms with van der Waals surface area (Å²) in [6, 6.07) is 12.6. The van der Waals surface area contributed by atoms with Crippen LogP contribution >= 0.6 is 0 Å². The Morgan fingerprint density at radius 1 is 1.04 bits per heavy atom. The lowest BCUT2D eigenvalue weighted by Gasteiger charge is -2.08. The molecule has 0 aliphatic heterocycles. The van der Waals surface area contributed by atoms with E-state index in [1.54, 1.807) is 30.6 Å². The van der Waals surface area contributed by atoms with Crippen LogP contribution in [0.3, 0.4) is 0 Å². The molecular weight excluding hydrogens is 347 g/mol. The number of carbonyl (C=O) groups is 1. The molecule has 0 spiro atoms. The molecule has 3 aromatic rings.